The number of fused-ring (bicyclic) bond motifs is 1. The molecule has 8 nitrogen and oxygen atoms in total. The van der Waals surface area contributed by atoms with Gasteiger partial charge in [0.05, 0.1) is 16.1 Å². The third-order valence-electron chi connectivity index (χ3n) is 7.92. The molecular formula is C28H34F3N3O5S. The molecule has 1 saturated carbocycles. The molecule has 0 atom stereocenters. The molecule has 5 rings (SSSR count). The average molecular weight is 582 g/mol. The number of ether oxygens (including phenoxy) is 2. The number of carbonyl (C=O) groups excluding carboxylic acids is 1. The molecule has 1 aliphatic carbocycles. The van der Waals surface area contributed by atoms with Gasteiger partial charge >= 0.3 is 6.18 Å². The lowest BCUT2D eigenvalue weighted by atomic mass is 9.84. The van der Waals surface area contributed by atoms with Gasteiger partial charge in [0, 0.05) is 19.1 Å². The molecule has 2 heterocycles. The molecule has 2 N–H and O–H groups in total. The van der Waals surface area contributed by atoms with E-state index in [4.69, 9.17) is 9.47 Å². The largest absolute Gasteiger partial charge is 0.490 e. The smallest absolute Gasteiger partial charge is 0.416 e. The van der Waals surface area contributed by atoms with Gasteiger partial charge in [0.25, 0.3) is 5.91 Å². The molecular weight excluding hydrogens is 547 g/mol. The van der Waals surface area contributed by atoms with Crippen LogP contribution >= 0.6 is 0 Å². The molecule has 1 amide bonds. The highest BCUT2D eigenvalue weighted by Crippen LogP contribution is 2.33. The topological polar surface area (TPSA) is 97.0 Å². The number of piperidine rings is 1. The van der Waals surface area contributed by atoms with E-state index in [2.05, 4.69) is 14.9 Å². The molecule has 2 fully saturated rings. The Morgan fingerprint density at radius 1 is 1.02 bits per heavy atom. The standard InChI is InChI=1S/C28H34F3N3O5S/c29-28(30,31)20-2-1-3-23(16-20)39-22-11-14-34(15-12-22)13-10-19-4-6-21(7-5-19)33-40(36,37)24-8-9-26-25(17-24)32-27(35)18-38-26/h1-3,8-9,16-17,19,21-22,33H,4-7,10-15,18H2,(H,32,35). The second kappa shape index (κ2) is 12.0. The maximum atomic E-state index is 13.0. The van der Waals surface area contributed by atoms with Crippen molar-refractivity contribution in [3.8, 4) is 11.5 Å². The fourth-order valence-corrected chi connectivity index (χ4v) is 6.97. The molecule has 2 aliphatic heterocycles. The lowest BCUT2D eigenvalue weighted by Gasteiger charge is -2.34. The van der Waals surface area contributed by atoms with Crippen molar-refractivity contribution in [2.24, 2.45) is 5.92 Å². The van der Waals surface area contributed by atoms with Gasteiger partial charge < -0.3 is 19.7 Å². The second-order valence-electron chi connectivity index (χ2n) is 10.8. The molecule has 40 heavy (non-hydrogen) atoms. The molecule has 218 valence electrons. The van der Waals surface area contributed by atoms with E-state index in [0.717, 1.165) is 76.7 Å². The molecule has 12 heteroatoms. The summed E-state index contributed by atoms with van der Waals surface area (Å²) in [5, 5.41) is 2.64. The van der Waals surface area contributed by atoms with Crippen LogP contribution in [0.15, 0.2) is 47.4 Å². The zero-order chi connectivity index (χ0) is 28.3. The Bertz CT molecular complexity index is 1300. The summed E-state index contributed by atoms with van der Waals surface area (Å²) >= 11 is 0. The number of anilines is 1. The minimum absolute atomic E-state index is 0.0867. The number of hydrogen-bond acceptors (Lipinski definition) is 6. The molecule has 2 aromatic carbocycles. The van der Waals surface area contributed by atoms with Gasteiger partial charge in [-0.2, -0.15) is 13.2 Å². The van der Waals surface area contributed by atoms with Crippen LogP contribution in [0.2, 0.25) is 0 Å². The van der Waals surface area contributed by atoms with Gasteiger partial charge in [-0.15, -0.1) is 0 Å². The van der Waals surface area contributed by atoms with Crippen LogP contribution in [0.5, 0.6) is 11.5 Å². The molecule has 0 radical (unpaired) electrons. The summed E-state index contributed by atoms with van der Waals surface area (Å²) in [6.45, 7) is 2.53. The maximum Gasteiger partial charge on any atom is 0.416 e. The van der Waals surface area contributed by atoms with E-state index in [9.17, 15) is 26.4 Å². The zero-order valence-electron chi connectivity index (χ0n) is 22.1. The predicted octanol–water partition coefficient (Wildman–Crippen LogP) is 4.81. The number of rotatable bonds is 8. The monoisotopic (exact) mass is 581 g/mol. The highest BCUT2D eigenvalue weighted by atomic mass is 32.2. The van der Waals surface area contributed by atoms with Crippen molar-refractivity contribution < 1.29 is 35.9 Å². The zero-order valence-corrected chi connectivity index (χ0v) is 22.9. The van der Waals surface area contributed by atoms with E-state index < -0.39 is 21.8 Å². The van der Waals surface area contributed by atoms with Gasteiger partial charge in [-0.25, -0.2) is 13.1 Å². The van der Waals surface area contributed by atoms with Crippen LogP contribution in [0.3, 0.4) is 0 Å². The maximum absolute atomic E-state index is 13.0. The number of likely N-dealkylation sites (tertiary alicyclic amines) is 1. The first-order valence-corrected chi connectivity index (χ1v) is 15.2. The molecule has 1 saturated heterocycles. The van der Waals surface area contributed by atoms with Crippen LogP contribution in [0.4, 0.5) is 18.9 Å². The summed E-state index contributed by atoms with van der Waals surface area (Å²) in [4.78, 5) is 14.0. The number of amides is 1. The van der Waals surface area contributed by atoms with Gasteiger partial charge in [-0.1, -0.05) is 6.07 Å². The number of halogens is 3. The Morgan fingerprint density at radius 3 is 2.50 bits per heavy atom. The number of alkyl halides is 3. The van der Waals surface area contributed by atoms with Gasteiger partial charge in [0.15, 0.2) is 6.61 Å². The van der Waals surface area contributed by atoms with Gasteiger partial charge in [0.2, 0.25) is 10.0 Å². The van der Waals surface area contributed by atoms with E-state index in [1.807, 2.05) is 0 Å². The van der Waals surface area contributed by atoms with Crippen molar-refractivity contribution >= 4 is 21.6 Å². The van der Waals surface area contributed by atoms with E-state index in [-0.39, 0.29) is 35.3 Å². The first-order valence-electron chi connectivity index (χ1n) is 13.7. The minimum atomic E-state index is -4.39. The molecule has 0 spiro atoms. The summed E-state index contributed by atoms with van der Waals surface area (Å²) in [7, 11) is -3.73. The molecule has 0 unspecified atom stereocenters. The first-order chi connectivity index (χ1) is 19.0. The molecule has 0 aromatic heterocycles. The van der Waals surface area contributed by atoms with Crippen molar-refractivity contribution in [1.82, 2.24) is 9.62 Å². The Kier molecular flexibility index (Phi) is 8.58. The lowest BCUT2D eigenvalue weighted by molar-refractivity contribution is -0.137. The summed E-state index contributed by atoms with van der Waals surface area (Å²) in [5.74, 6) is 0.914. The summed E-state index contributed by atoms with van der Waals surface area (Å²) in [6, 6.07) is 9.38. The van der Waals surface area contributed by atoms with Crippen LogP contribution in [0.25, 0.3) is 0 Å². The average Bonchev–Trinajstić information content (AvgIpc) is 2.92. The molecule has 2 aromatic rings. The van der Waals surface area contributed by atoms with Crippen molar-refractivity contribution in [3.63, 3.8) is 0 Å². The van der Waals surface area contributed by atoms with E-state index >= 15 is 0 Å². The Balaban J connectivity index is 1.02. The highest BCUT2D eigenvalue weighted by Gasteiger charge is 2.31. The summed E-state index contributed by atoms with van der Waals surface area (Å²) in [6.07, 6.45) is 1.50. The van der Waals surface area contributed by atoms with Crippen LogP contribution in [-0.2, 0) is 21.0 Å². The number of sulfonamides is 1. The molecule has 3 aliphatic rings. The highest BCUT2D eigenvalue weighted by molar-refractivity contribution is 7.89. The fourth-order valence-electron chi connectivity index (χ4n) is 5.64. The third-order valence-corrected chi connectivity index (χ3v) is 9.43. The van der Waals surface area contributed by atoms with E-state index in [1.165, 1.54) is 18.2 Å². The predicted molar refractivity (Wildman–Crippen MR) is 143 cm³/mol. The SMILES string of the molecule is O=C1COc2ccc(S(=O)(=O)NC3CCC(CCN4CCC(Oc5cccc(C(F)(F)F)c5)CC4)CC3)cc2N1. The Labute approximate surface area is 232 Å². The quantitative estimate of drug-likeness (QED) is 0.465. The molecule has 0 bridgehead atoms. The number of nitrogens with one attached hydrogen (secondary N) is 2. The third kappa shape index (κ3) is 7.27. The Morgan fingerprint density at radius 2 is 1.77 bits per heavy atom. The first kappa shape index (κ1) is 28.7. The van der Waals surface area contributed by atoms with Crippen molar-refractivity contribution in [2.45, 2.75) is 68.2 Å². The van der Waals surface area contributed by atoms with Gasteiger partial charge in [-0.3, -0.25) is 4.79 Å². The number of benzene rings is 2. The van der Waals surface area contributed by atoms with Crippen molar-refractivity contribution in [1.29, 1.82) is 0 Å². The van der Waals surface area contributed by atoms with E-state index in [0.29, 0.717) is 17.4 Å². The minimum Gasteiger partial charge on any atom is -0.490 e. The fraction of sp³-hybridized carbons (Fsp3) is 0.536. The number of hydrogen-bond donors (Lipinski definition) is 2. The van der Waals surface area contributed by atoms with Crippen LogP contribution in [0.1, 0.15) is 50.5 Å². The summed E-state index contributed by atoms with van der Waals surface area (Å²) < 4.78 is 78.7. The van der Waals surface area contributed by atoms with Crippen LogP contribution < -0.4 is 19.5 Å². The Hall–Kier alpha value is -2.83. The normalized spacial score (nSPS) is 22.7. The van der Waals surface area contributed by atoms with E-state index in [1.54, 1.807) is 12.1 Å². The number of carbonyl (C=O) groups is 1. The second-order valence-corrected chi connectivity index (χ2v) is 12.5. The van der Waals surface area contributed by atoms with Crippen molar-refractivity contribution in [3.05, 3.63) is 48.0 Å². The van der Waals surface area contributed by atoms with Gasteiger partial charge in [-0.05, 0) is 93.8 Å². The van der Waals surface area contributed by atoms with Crippen molar-refractivity contribution in [2.75, 3.05) is 31.6 Å². The lowest BCUT2D eigenvalue weighted by Crippen LogP contribution is -2.40. The number of nitrogens with zero attached hydrogens (tertiary/aromatic N) is 1. The van der Waals surface area contributed by atoms with Gasteiger partial charge in [0.1, 0.15) is 17.6 Å². The van der Waals surface area contributed by atoms with Crippen LogP contribution in [-0.4, -0.2) is 57.6 Å². The van der Waals surface area contributed by atoms with Crippen LogP contribution in [0, 0.1) is 5.92 Å². The summed E-state index contributed by atoms with van der Waals surface area (Å²) in [5.41, 5.74) is -0.345.